The molecule has 1 saturated heterocycles. The number of nitrogens with zero attached hydrogens (tertiary/aromatic N) is 5. The summed E-state index contributed by atoms with van der Waals surface area (Å²) in [6.45, 7) is 3.84. The van der Waals surface area contributed by atoms with Crippen molar-refractivity contribution < 1.29 is 82.4 Å². The Morgan fingerprint density at radius 3 is 1.56 bits per heavy atom. The van der Waals surface area contributed by atoms with E-state index in [0.717, 1.165) is 0 Å². The van der Waals surface area contributed by atoms with Gasteiger partial charge in [0.2, 0.25) is 59.1 Å². The second-order valence-corrected chi connectivity index (χ2v) is 25.0. The summed E-state index contributed by atoms with van der Waals surface area (Å²) in [6.07, 6.45) is 3.61. The Labute approximate surface area is 586 Å². The molecule has 6 rings (SSSR count). The van der Waals surface area contributed by atoms with E-state index in [1.165, 1.54) is 43.7 Å². The van der Waals surface area contributed by atoms with Crippen molar-refractivity contribution in [3.8, 4) is 0 Å². The number of hydrogen-bond acceptors (Lipinski definition) is 19. The van der Waals surface area contributed by atoms with E-state index in [9.17, 15) is 82.4 Å². The standard InChI is InChI=1S/C67H90N18O17/c1-40(2)27-50(61(69)96)79-66(101)51(28-42-9-5-4-6-10-42)80-67(102)53(30-46-32-70-39-74-46)77-56(88)34-73-62(97)41(3)75-65(100)52(29-44-31-71-48-12-8-7-11-47(44)48)81-64(99)49(17-18-54(68)86)78-63(98)43-13-15-45(16-14-43)76-55(87)33-72-57(89)35-82-19-21-83(36-58(90)91)23-25-85(38-60(94)95)26-24-84(22-20-82)37-59(92)93/h4-16,31-32,39-41,49-53,71H,17-30,33-38H2,1-3H3,(H2,68,86)(H2,69,96)(H,70,74)(H,72,89)(H,73,97)(H,75,100)(H,76,87)(H,77,88)(H,78,98)(H,79,101)(H,80,102)(H,81,99)(H,90,91)(H,92,93)(H,94,95)/t41-,49-,50+,51+,52-,53+/m0/s1. The Balaban J connectivity index is 1.07. The third-order valence-corrected chi connectivity index (χ3v) is 16.4. The van der Waals surface area contributed by atoms with E-state index in [0.29, 0.717) is 27.7 Å². The van der Waals surface area contributed by atoms with Crippen LogP contribution in [0.1, 0.15) is 67.2 Å². The number of benzene rings is 3. The van der Waals surface area contributed by atoms with E-state index < -0.39 is 139 Å². The van der Waals surface area contributed by atoms with E-state index in [2.05, 4.69) is 62.8 Å². The fourth-order valence-corrected chi connectivity index (χ4v) is 11.0. The normalized spacial score (nSPS) is 15.2. The number of carboxylic acid groups (broad SMARTS) is 3. The van der Waals surface area contributed by atoms with Crippen molar-refractivity contribution in [1.82, 2.24) is 77.1 Å². The number of carbonyl (C=O) groups is 14. The van der Waals surface area contributed by atoms with Gasteiger partial charge in [0, 0.05) is 113 Å². The largest absolute Gasteiger partial charge is 0.480 e. The molecule has 550 valence electrons. The molecule has 1 aliphatic rings. The molecule has 0 spiro atoms. The third kappa shape index (κ3) is 27.9. The van der Waals surface area contributed by atoms with Gasteiger partial charge in [0.25, 0.3) is 5.91 Å². The SMILES string of the molecule is CC(C)C[C@@H](NC(=O)[C@@H](Cc1ccccc1)NC(=O)[C@@H](Cc1c[nH]cn1)NC(=O)CNC(=O)[C@H](C)NC(=O)[C@H](Cc1c[nH]c2ccccc12)NC(=O)[C@H](CCC(N)=O)NC(=O)c1ccc(NC(=O)CNC(=O)CN2CCN(CC(=O)O)CCN(CC(=O)O)CCN(CC(=O)O)CC2)cc1)C(N)=O. The number of fused-ring (bicyclic) bond motifs is 1. The molecule has 35 nitrogen and oxygen atoms in total. The molecule has 18 N–H and O–H groups in total. The smallest absolute Gasteiger partial charge is 0.317 e. The molecule has 0 saturated carbocycles. The van der Waals surface area contributed by atoms with Gasteiger partial charge in [0.05, 0.1) is 51.3 Å². The molecule has 102 heavy (non-hydrogen) atoms. The summed E-state index contributed by atoms with van der Waals surface area (Å²) < 4.78 is 0. The number of anilines is 1. The summed E-state index contributed by atoms with van der Waals surface area (Å²) in [4.78, 5) is 200. The van der Waals surface area contributed by atoms with Crippen LogP contribution in [0.2, 0.25) is 0 Å². The molecule has 5 aromatic rings. The zero-order chi connectivity index (χ0) is 74.4. The van der Waals surface area contributed by atoms with Crippen LogP contribution < -0.4 is 59.3 Å². The molecule has 0 aliphatic carbocycles. The summed E-state index contributed by atoms with van der Waals surface area (Å²) in [6, 6.07) is 13.2. The molecule has 11 amide bonds. The maximum atomic E-state index is 14.4. The Morgan fingerprint density at radius 2 is 1.02 bits per heavy atom. The molecular weight excluding hydrogens is 1330 g/mol. The number of carboxylic acids is 3. The molecule has 0 unspecified atom stereocenters. The van der Waals surface area contributed by atoms with Crippen LogP contribution in [0.25, 0.3) is 10.9 Å². The number of primary amides is 2. The molecule has 1 fully saturated rings. The summed E-state index contributed by atoms with van der Waals surface area (Å²) in [5.74, 6) is -12.1. The van der Waals surface area contributed by atoms with Gasteiger partial charge in [-0.3, -0.25) is 86.7 Å². The van der Waals surface area contributed by atoms with Gasteiger partial charge < -0.3 is 84.6 Å². The highest BCUT2D eigenvalue weighted by molar-refractivity contribution is 6.01. The first-order chi connectivity index (χ1) is 48.6. The number of amides is 11. The lowest BCUT2D eigenvalue weighted by Gasteiger charge is -2.32. The van der Waals surface area contributed by atoms with Crippen molar-refractivity contribution in [2.24, 2.45) is 17.4 Å². The number of aromatic nitrogens is 3. The zero-order valence-electron chi connectivity index (χ0n) is 56.9. The van der Waals surface area contributed by atoms with Gasteiger partial charge in [-0.25, -0.2) is 4.98 Å². The number of para-hydroxylation sites is 1. The Bertz CT molecular complexity index is 3690. The number of aromatic amines is 2. The first kappa shape index (κ1) is 79.8. The number of nitrogens with one attached hydrogen (secondary N) is 11. The van der Waals surface area contributed by atoms with Gasteiger partial charge >= 0.3 is 17.9 Å². The minimum absolute atomic E-state index is 0.0128. The van der Waals surface area contributed by atoms with Crippen molar-refractivity contribution in [3.63, 3.8) is 0 Å². The maximum absolute atomic E-state index is 14.4. The summed E-state index contributed by atoms with van der Waals surface area (Å²) >= 11 is 0. The van der Waals surface area contributed by atoms with E-state index in [4.69, 9.17) is 11.5 Å². The quantitative estimate of drug-likeness (QED) is 0.0184. The van der Waals surface area contributed by atoms with Gasteiger partial charge in [-0.1, -0.05) is 62.4 Å². The van der Waals surface area contributed by atoms with Gasteiger partial charge in [-0.2, -0.15) is 0 Å². The predicted molar refractivity (Wildman–Crippen MR) is 368 cm³/mol. The number of hydrogen-bond donors (Lipinski definition) is 16. The molecule has 3 aromatic carbocycles. The lowest BCUT2D eigenvalue weighted by Crippen LogP contribution is -2.58. The second kappa shape index (κ2) is 40.2. The minimum Gasteiger partial charge on any atom is -0.480 e. The molecule has 1 aliphatic heterocycles. The van der Waals surface area contributed by atoms with Gasteiger partial charge in [0.15, 0.2) is 0 Å². The van der Waals surface area contributed by atoms with Crippen LogP contribution in [0.4, 0.5) is 5.69 Å². The maximum Gasteiger partial charge on any atom is 0.317 e. The van der Waals surface area contributed by atoms with Crippen LogP contribution in [0.5, 0.6) is 0 Å². The topological polar surface area (TPSA) is 517 Å². The first-order valence-electron chi connectivity index (χ1n) is 33.0. The number of nitrogens with two attached hydrogens (primary N) is 2. The van der Waals surface area contributed by atoms with Gasteiger partial charge in [-0.15, -0.1) is 0 Å². The van der Waals surface area contributed by atoms with Crippen LogP contribution in [0.15, 0.2) is 97.6 Å². The highest BCUT2D eigenvalue weighted by Gasteiger charge is 2.33. The van der Waals surface area contributed by atoms with Crippen molar-refractivity contribution in [2.75, 3.05) is 96.9 Å². The average Bonchev–Trinajstić information content (AvgIpc) is 1.64. The molecule has 0 radical (unpaired) electrons. The predicted octanol–water partition coefficient (Wildman–Crippen LogP) is -3.40. The van der Waals surface area contributed by atoms with Crippen molar-refractivity contribution in [1.29, 1.82) is 0 Å². The third-order valence-electron chi connectivity index (χ3n) is 16.4. The van der Waals surface area contributed by atoms with E-state index in [1.54, 1.807) is 80.4 Å². The number of imidazole rings is 1. The Kier molecular flexibility index (Phi) is 31.4. The molecular formula is C67H90N18O17. The summed E-state index contributed by atoms with van der Waals surface area (Å²) in [5.41, 5.74) is 13.6. The van der Waals surface area contributed by atoms with Crippen LogP contribution in [0, 0.1) is 5.92 Å². The highest BCUT2D eigenvalue weighted by atomic mass is 16.4. The highest BCUT2D eigenvalue weighted by Crippen LogP contribution is 2.20. The van der Waals surface area contributed by atoms with Crippen LogP contribution in [-0.4, -0.2) is 261 Å². The lowest BCUT2D eigenvalue weighted by atomic mass is 10.0. The molecule has 6 atom stereocenters. The molecule has 2 aromatic heterocycles. The van der Waals surface area contributed by atoms with Gasteiger partial charge in [-0.05, 0) is 67.1 Å². The van der Waals surface area contributed by atoms with Crippen LogP contribution >= 0.6 is 0 Å². The van der Waals surface area contributed by atoms with E-state index >= 15 is 0 Å². The second-order valence-electron chi connectivity index (χ2n) is 25.0. The number of rotatable bonds is 37. The van der Waals surface area contributed by atoms with Gasteiger partial charge in [0.1, 0.15) is 36.3 Å². The molecule has 3 heterocycles. The van der Waals surface area contributed by atoms with Crippen molar-refractivity contribution in [3.05, 3.63) is 120 Å². The number of aliphatic carboxylic acids is 3. The van der Waals surface area contributed by atoms with Crippen LogP contribution in [0.3, 0.4) is 0 Å². The zero-order valence-corrected chi connectivity index (χ0v) is 56.9. The van der Waals surface area contributed by atoms with Crippen molar-refractivity contribution in [2.45, 2.75) is 95.5 Å². The Hall–Kier alpha value is -11.2. The lowest BCUT2D eigenvalue weighted by molar-refractivity contribution is -0.140. The average molecular weight is 1420 g/mol. The summed E-state index contributed by atoms with van der Waals surface area (Å²) in [7, 11) is 0. The monoisotopic (exact) mass is 1420 g/mol. The number of carbonyl (C=O) groups excluding carboxylic acids is 11. The van der Waals surface area contributed by atoms with E-state index in [-0.39, 0.29) is 128 Å². The van der Waals surface area contributed by atoms with E-state index in [1.807, 2.05) is 13.8 Å². The van der Waals surface area contributed by atoms with Crippen molar-refractivity contribution >= 4 is 99.5 Å². The molecule has 0 bridgehead atoms. The molecule has 35 heteroatoms. The fraction of sp³-hybridized carbons (Fsp3) is 0.448. The first-order valence-corrected chi connectivity index (χ1v) is 33.0. The Morgan fingerprint density at radius 1 is 0.510 bits per heavy atom. The van der Waals surface area contributed by atoms with Crippen LogP contribution in [-0.2, 0) is 81.6 Å². The summed E-state index contributed by atoms with van der Waals surface area (Å²) in [5, 5.41) is 52.5. The fourth-order valence-electron chi connectivity index (χ4n) is 11.0. The number of H-pyrrole nitrogens is 2. The minimum atomic E-state index is -1.49.